The maximum Gasteiger partial charge on any atom is 0.241 e. The summed E-state index contributed by atoms with van der Waals surface area (Å²) in [5, 5.41) is 0. The predicted molar refractivity (Wildman–Crippen MR) is 203 cm³/mol. The molecule has 1 heterocycles. The first-order valence-corrected chi connectivity index (χ1v) is 16.0. The second kappa shape index (κ2) is 14.4. The molecule has 0 aliphatic heterocycles. The zero-order chi connectivity index (χ0) is 31.7. The molecule has 222 valence electrons. The number of hydrogen-bond donors (Lipinski definition) is 1. The molecular formula is C42H33B2N3. The average Bonchev–Trinajstić information content (AvgIpc) is 3.61. The Hall–Kier alpha value is -5.93. The molecule has 7 aromatic rings. The molecule has 47 heavy (non-hydrogen) atoms. The summed E-state index contributed by atoms with van der Waals surface area (Å²) < 4.78 is 0. The lowest BCUT2D eigenvalue weighted by molar-refractivity contribution is 1.35. The van der Waals surface area contributed by atoms with Gasteiger partial charge in [0.2, 0.25) is 13.4 Å². The van der Waals surface area contributed by atoms with E-state index < -0.39 is 0 Å². The van der Waals surface area contributed by atoms with Gasteiger partial charge in [-0.2, -0.15) is 0 Å². The molecule has 0 radical (unpaired) electrons. The zero-order valence-corrected chi connectivity index (χ0v) is 26.0. The molecule has 6 aromatic carbocycles. The second-order valence-electron chi connectivity index (χ2n) is 11.6. The predicted octanol–water partition coefficient (Wildman–Crippen LogP) is 5.55. The molecule has 1 N–H and O–H groups in total. The van der Waals surface area contributed by atoms with Crippen molar-refractivity contribution in [3.8, 4) is 0 Å². The Balaban J connectivity index is 1.03. The maximum atomic E-state index is 4.73. The van der Waals surface area contributed by atoms with Crippen LogP contribution in [0.15, 0.2) is 192 Å². The normalized spacial score (nSPS) is 11.2. The number of hydrogen-bond acceptors (Lipinski definition) is 2. The van der Waals surface area contributed by atoms with E-state index in [0.717, 1.165) is 22.8 Å². The van der Waals surface area contributed by atoms with E-state index in [2.05, 4.69) is 175 Å². The van der Waals surface area contributed by atoms with Crippen LogP contribution in [0.5, 0.6) is 0 Å². The maximum absolute atomic E-state index is 4.73. The molecule has 0 amide bonds. The van der Waals surface area contributed by atoms with Gasteiger partial charge in [0.25, 0.3) is 0 Å². The highest BCUT2D eigenvalue weighted by atomic mass is 14.8. The number of nitrogens with zero attached hydrogens (tertiary/aromatic N) is 2. The van der Waals surface area contributed by atoms with Crippen LogP contribution in [0.2, 0.25) is 0 Å². The Morgan fingerprint density at radius 1 is 0.319 bits per heavy atom. The molecule has 0 aliphatic rings. The number of aromatic nitrogens is 1. The summed E-state index contributed by atoms with van der Waals surface area (Å²) in [7, 11) is 0. The van der Waals surface area contributed by atoms with Crippen molar-refractivity contribution >= 4 is 70.0 Å². The molecule has 0 saturated heterocycles. The van der Waals surface area contributed by atoms with Gasteiger partial charge in [-0.3, -0.25) is 9.98 Å². The molecule has 0 fully saturated rings. The summed E-state index contributed by atoms with van der Waals surface area (Å²) in [6, 6.07) is 63.7. The van der Waals surface area contributed by atoms with E-state index in [-0.39, 0.29) is 13.4 Å². The van der Waals surface area contributed by atoms with Gasteiger partial charge < -0.3 is 4.98 Å². The second-order valence-corrected chi connectivity index (χ2v) is 11.6. The summed E-state index contributed by atoms with van der Waals surface area (Å²) in [5.74, 6) is 0. The number of H-pyrrole nitrogens is 1. The van der Waals surface area contributed by atoms with Gasteiger partial charge in [0.05, 0.1) is 35.2 Å². The third-order valence-corrected chi connectivity index (χ3v) is 8.42. The van der Waals surface area contributed by atoms with Crippen LogP contribution >= 0.6 is 0 Å². The molecule has 0 unspecified atom stereocenters. The lowest BCUT2D eigenvalue weighted by Gasteiger charge is -2.15. The van der Waals surface area contributed by atoms with Crippen LogP contribution in [0.1, 0.15) is 11.4 Å². The van der Waals surface area contributed by atoms with Crippen LogP contribution in [-0.4, -0.2) is 30.8 Å². The molecule has 7 rings (SSSR count). The lowest BCUT2D eigenvalue weighted by Crippen LogP contribution is -2.51. The van der Waals surface area contributed by atoms with Crippen molar-refractivity contribution in [2.45, 2.75) is 0 Å². The molecule has 0 aliphatic carbocycles. The topological polar surface area (TPSA) is 40.5 Å². The minimum atomic E-state index is 0.172. The third kappa shape index (κ3) is 7.32. The highest BCUT2D eigenvalue weighted by Crippen LogP contribution is 2.12. The van der Waals surface area contributed by atoms with Crippen LogP contribution in [0.25, 0.3) is 0 Å². The fraction of sp³-hybridized carbons (Fsp3) is 0. The van der Waals surface area contributed by atoms with Crippen LogP contribution in [0, 0.1) is 0 Å². The number of aromatic amines is 1. The Morgan fingerprint density at radius 2 is 0.596 bits per heavy atom. The highest BCUT2D eigenvalue weighted by molar-refractivity contribution is 6.96. The summed E-state index contributed by atoms with van der Waals surface area (Å²) in [4.78, 5) is 12.9. The molecule has 0 spiro atoms. The first-order valence-electron chi connectivity index (χ1n) is 16.0. The fourth-order valence-electron chi connectivity index (χ4n) is 6.11. The zero-order valence-electron chi connectivity index (χ0n) is 26.0. The van der Waals surface area contributed by atoms with E-state index in [9.17, 15) is 0 Å². The largest absolute Gasteiger partial charge is 0.353 e. The van der Waals surface area contributed by atoms with Crippen molar-refractivity contribution in [3.05, 3.63) is 193 Å². The van der Waals surface area contributed by atoms with Crippen molar-refractivity contribution in [1.82, 2.24) is 4.98 Å². The smallest absolute Gasteiger partial charge is 0.241 e. The van der Waals surface area contributed by atoms with Crippen LogP contribution in [0.4, 0.5) is 11.4 Å². The number of nitrogens with one attached hydrogen (secondary N) is 1. The van der Waals surface area contributed by atoms with Crippen molar-refractivity contribution < 1.29 is 0 Å². The minimum Gasteiger partial charge on any atom is -0.353 e. The van der Waals surface area contributed by atoms with E-state index in [1.807, 2.05) is 24.6 Å². The SMILES string of the molecule is C(=Nc1ccc(B(c2ccccc2)c2ccccc2)cc1)c1ccc(C=Nc2ccc(B(c3ccccc3)c3ccccc3)cc2)[nH]1. The fourth-order valence-corrected chi connectivity index (χ4v) is 6.11. The number of benzene rings is 6. The van der Waals surface area contributed by atoms with Gasteiger partial charge in [-0.25, -0.2) is 0 Å². The molecule has 1 aromatic heterocycles. The first-order chi connectivity index (χ1) is 23.3. The Bertz CT molecular complexity index is 1830. The van der Waals surface area contributed by atoms with E-state index in [1.165, 1.54) is 32.8 Å². The lowest BCUT2D eigenvalue weighted by atomic mass is 9.37. The van der Waals surface area contributed by atoms with Crippen molar-refractivity contribution in [3.63, 3.8) is 0 Å². The Kier molecular flexibility index (Phi) is 9.15. The molecule has 0 bridgehead atoms. The van der Waals surface area contributed by atoms with Crippen molar-refractivity contribution in [2.75, 3.05) is 0 Å². The van der Waals surface area contributed by atoms with Crippen LogP contribution in [0.3, 0.4) is 0 Å². The van der Waals surface area contributed by atoms with E-state index in [0.29, 0.717) is 0 Å². The average molecular weight is 601 g/mol. The van der Waals surface area contributed by atoms with E-state index >= 15 is 0 Å². The van der Waals surface area contributed by atoms with Crippen molar-refractivity contribution in [2.24, 2.45) is 9.98 Å². The van der Waals surface area contributed by atoms with Gasteiger partial charge in [-0.1, -0.05) is 178 Å². The van der Waals surface area contributed by atoms with Crippen LogP contribution in [-0.2, 0) is 0 Å². The Morgan fingerprint density at radius 3 is 0.894 bits per heavy atom. The monoisotopic (exact) mass is 601 g/mol. The number of aliphatic imine (C=N–C) groups is 2. The van der Waals surface area contributed by atoms with Gasteiger partial charge in [-0.15, -0.1) is 0 Å². The van der Waals surface area contributed by atoms with Crippen LogP contribution < -0.4 is 32.8 Å². The van der Waals surface area contributed by atoms with Gasteiger partial charge in [0.1, 0.15) is 0 Å². The Labute approximate surface area is 277 Å². The van der Waals surface area contributed by atoms with Crippen molar-refractivity contribution in [1.29, 1.82) is 0 Å². The molecule has 3 nitrogen and oxygen atoms in total. The minimum absolute atomic E-state index is 0.172. The highest BCUT2D eigenvalue weighted by Gasteiger charge is 2.22. The summed E-state index contributed by atoms with van der Waals surface area (Å²) in [6.07, 6.45) is 3.72. The third-order valence-electron chi connectivity index (χ3n) is 8.42. The van der Waals surface area contributed by atoms with Gasteiger partial charge in [0.15, 0.2) is 0 Å². The molecule has 0 atom stereocenters. The molecule has 0 saturated carbocycles. The molecular weight excluding hydrogens is 568 g/mol. The first kappa shape index (κ1) is 29.8. The summed E-state index contributed by atoms with van der Waals surface area (Å²) >= 11 is 0. The van der Waals surface area contributed by atoms with Gasteiger partial charge in [-0.05, 0) is 36.4 Å². The summed E-state index contributed by atoms with van der Waals surface area (Å²) in [5.41, 5.74) is 11.2. The number of rotatable bonds is 10. The van der Waals surface area contributed by atoms with Gasteiger partial charge >= 0.3 is 0 Å². The summed E-state index contributed by atoms with van der Waals surface area (Å²) in [6.45, 7) is 0.345. The standard InChI is InChI=1S/C42H33B2N3/c1-5-13-33(14-6-1)43(34-15-7-2-8-16-34)37-21-25-39(26-22-37)45-31-41-29-30-42(47-41)32-46-40-27-23-38(24-28-40)44(35-17-9-3-10-18-35)36-19-11-4-12-20-36/h1-32,47H. The van der Waals surface area contributed by atoms with E-state index in [4.69, 9.17) is 9.98 Å². The quantitative estimate of drug-likeness (QED) is 0.158. The van der Waals surface area contributed by atoms with Gasteiger partial charge in [0, 0.05) is 0 Å². The molecule has 5 heteroatoms. The van der Waals surface area contributed by atoms with E-state index in [1.54, 1.807) is 0 Å².